The molecular weight excluding hydrogens is 268 g/mol. The van der Waals surface area contributed by atoms with Gasteiger partial charge in [-0.2, -0.15) is 0 Å². The number of likely N-dealkylation sites (tertiary alicyclic amines) is 1. The van der Waals surface area contributed by atoms with E-state index in [2.05, 4.69) is 5.32 Å². The van der Waals surface area contributed by atoms with Gasteiger partial charge in [0.05, 0.1) is 7.11 Å². The highest BCUT2D eigenvalue weighted by atomic mass is 16.5. The average Bonchev–Trinajstić information content (AvgIpc) is 2.77. The molecule has 5 heteroatoms. The Morgan fingerprint density at radius 2 is 1.71 bits per heavy atom. The predicted octanol–water partition coefficient (Wildman–Crippen LogP) is 2.43. The second-order valence-electron chi connectivity index (χ2n) is 5.25. The lowest BCUT2D eigenvalue weighted by Crippen LogP contribution is -2.34. The van der Waals surface area contributed by atoms with Gasteiger partial charge in [0.25, 0.3) is 0 Å². The monoisotopic (exact) mass is 290 g/mol. The van der Waals surface area contributed by atoms with Crippen LogP contribution in [-0.4, -0.2) is 36.9 Å². The van der Waals surface area contributed by atoms with Crippen LogP contribution < -0.4 is 10.1 Å². The Kier molecular flexibility index (Phi) is 5.60. The number of nitrogens with one attached hydrogen (secondary N) is 1. The summed E-state index contributed by atoms with van der Waals surface area (Å²) in [6.07, 6.45) is 4.31. The van der Waals surface area contributed by atoms with Crippen molar-refractivity contribution in [2.45, 2.75) is 32.1 Å². The van der Waals surface area contributed by atoms with Crippen molar-refractivity contribution in [2.75, 3.05) is 25.5 Å². The van der Waals surface area contributed by atoms with Crippen LogP contribution in [0.15, 0.2) is 24.3 Å². The number of ether oxygens (including phenoxy) is 1. The van der Waals surface area contributed by atoms with Gasteiger partial charge < -0.3 is 15.0 Å². The van der Waals surface area contributed by atoms with Crippen LogP contribution in [0, 0.1) is 0 Å². The van der Waals surface area contributed by atoms with Crippen LogP contribution in [0.3, 0.4) is 0 Å². The molecule has 1 aromatic rings. The minimum Gasteiger partial charge on any atom is -0.497 e. The van der Waals surface area contributed by atoms with Crippen LogP contribution in [0.1, 0.15) is 32.1 Å². The highest BCUT2D eigenvalue weighted by molar-refractivity contribution is 6.03. The van der Waals surface area contributed by atoms with E-state index in [9.17, 15) is 9.59 Å². The molecule has 1 aliphatic heterocycles. The highest BCUT2D eigenvalue weighted by Crippen LogP contribution is 2.15. The summed E-state index contributed by atoms with van der Waals surface area (Å²) >= 11 is 0. The lowest BCUT2D eigenvalue weighted by Gasteiger charge is -2.19. The molecule has 114 valence electrons. The topological polar surface area (TPSA) is 58.6 Å². The molecule has 1 aliphatic rings. The first-order chi connectivity index (χ1) is 10.2. The summed E-state index contributed by atoms with van der Waals surface area (Å²) in [4.78, 5) is 25.8. The number of benzene rings is 1. The van der Waals surface area contributed by atoms with Crippen molar-refractivity contribution in [1.29, 1.82) is 0 Å². The first-order valence-corrected chi connectivity index (χ1v) is 7.41. The standard InChI is InChI=1S/C16H22N2O3/c1-21-14-8-6-13(7-9-14)17-15(19)12-16(20)18-10-4-2-3-5-11-18/h6-9H,2-5,10-12H2,1H3,(H,17,19). The molecule has 1 N–H and O–H groups in total. The number of anilines is 1. The maximum atomic E-state index is 12.1. The fourth-order valence-electron chi connectivity index (χ4n) is 2.45. The minimum atomic E-state index is -0.269. The molecule has 0 saturated carbocycles. The molecule has 0 atom stereocenters. The number of rotatable bonds is 4. The number of nitrogens with zero attached hydrogens (tertiary/aromatic N) is 1. The van der Waals surface area contributed by atoms with Crippen molar-refractivity contribution in [3.8, 4) is 5.75 Å². The number of carbonyl (C=O) groups excluding carboxylic acids is 2. The third kappa shape index (κ3) is 4.77. The largest absolute Gasteiger partial charge is 0.497 e. The molecule has 1 aromatic carbocycles. The van der Waals surface area contributed by atoms with E-state index in [1.807, 2.05) is 0 Å². The molecule has 1 saturated heterocycles. The fraction of sp³-hybridized carbons (Fsp3) is 0.500. The second-order valence-corrected chi connectivity index (χ2v) is 5.25. The van der Waals surface area contributed by atoms with E-state index in [-0.39, 0.29) is 18.2 Å². The molecule has 0 bridgehead atoms. The van der Waals surface area contributed by atoms with E-state index < -0.39 is 0 Å². The van der Waals surface area contributed by atoms with Gasteiger partial charge in [0.15, 0.2) is 0 Å². The number of carbonyl (C=O) groups is 2. The maximum Gasteiger partial charge on any atom is 0.233 e. The molecule has 0 unspecified atom stereocenters. The number of hydrogen-bond donors (Lipinski definition) is 1. The Hall–Kier alpha value is -2.04. The van der Waals surface area contributed by atoms with Gasteiger partial charge in [-0.25, -0.2) is 0 Å². The van der Waals surface area contributed by atoms with E-state index >= 15 is 0 Å². The van der Waals surface area contributed by atoms with Crippen LogP contribution in [0.4, 0.5) is 5.69 Å². The Balaban J connectivity index is 1.83. The van der Waals surface area contributed by atoms with Crippen LogP contribution >= 0.6 is 0 Å². The molecule has 2 amide bonds. The Labute approximate surface area is 125 Å². The molecule has 1 fully saturated rings. The van der Waals surface area contributed by atoms with E-state index in [4.69, 9.17) is 4.74 Å². The van der Waals surface area contributed by atoms with Crippen molar-refractivity contribution < 1.29 is 14.3 Å². The van der Waals surface area contributed by atoms with Crippen LogP contribution in [0.25, 0.3) is 0 Å². The summed E-state index contributed by atoms with van der Waals surface area (Å²) in [5.74, 6) is 0.381. The quantitative estimate of drug-likeness (QED) is 0.866. The molecule has 0 aromatic heterocycles. The summed E-state index contributed by atoms with van der Waals surface area (Å²) in [5, 5.41) is 2.74. The molecule has 5 nitrogen and oxygen atoms in total. The number of amides is 2. The third-order valence-corrected chi connectivity index (χ3v) is 3.64. The van der Waals surface area contributed by atoms with Crippen molar-refractivity contribution in [3.05, 3.63) is 24.3 Å². The van der Waals surface area contributed by atoms with Gasteiger partial charge in [0.2, 0.25) is 11.8 Å². The van der Waals surface area contributed by atoms with Crippen molar-refractivity contribution in [2.24, 2.45) is 0 Å². The van der Waals surface area contributed by atoms with E-state index in [1.54, 1.807) is 36.3 Å². The Morgan fingerprint density at radius 3 is 2.29 bits per heavy atom. The van der Waals surface area contributed by atoms with Gasteiger partial charge >= 0.3 is 0 Å². The minimum absolute atomic E-state index is 0.0806. The van der Waals surface area contributed by atoms with Crippen LogP contribution in [0.2, 0.25) is 0 Å². The summed E-state index contributed by atoms with van der Waals surface area (Å²) in [7, 11) is 1.59. The Bertz CT molecular complexity index is 477. The molecule has 2 rings (SSSR count). The molecule has 0 aliphatic carbocycles. The second kappa shape index (κ2) is 7.67. The smallest absolute Gasteiger partial charge is 0.233 e. The fourth-order valence-corrected chi connectivity index (χ4v) is 2.45. The van der Waals surface area contributed by atoms with Gasteiger partial charge in [0, 0.05) is 18.8 Å². The zero-order chi connectivity index (χ0) is 15.1. The SMILES string of the molecule is COc1ccc(NC(=O)CC(=O)N2CCCCCC2)cc1. The van der Waals surface area contributed by atoms with Crippen molar-refractivity contribution in [1.82, 2.24) is 4.90 Å². The van der Waals surface area contributed by atoms with Gasteiger partial charge in [-0.1, -0.05) is 12.8 Å². The van der Waals surface area contributed by atoms with Crippen molar-refractivity contribution in [3.63, 3.8) is 0 Å². The lowest BCUT2D eigenvalue weighted by atomic mass is 10.2. The molecule has 0 spiro atoms. The summed E-state index contributed by atoms with van der Waals surface area (Å²) in [6, 6.07) is 7.05. The molecular formula is C16H22N2O3. The summed E-state index contributed by atoms with van der Waals surface area (Å²) in [6.45, 7) is 1.54. The summed E-state index contributed by atoms with van der Waals surface area (Å²) < 4.78 is 5.06. The van der Waals surface area contributed by atoms with Crippen LogP contribution in [0.5, 0.6) is 5.75 Å². The summed E-state index contributed by atoms with van der Waals surface area (Å²) in [5.41, 5.74) is 0.671. The van der Waals surface area contributed by atoms with Gasteiger partial charge in [-0.15, -0.1) is 0 Å². The average molecular weight is 290 g/mol. The molecule has 1 heterocycles. The zero-order valence-electron chi connectivity index (χ0n) is 12.4. The number of methoxy groups -OCH3 is 1. The normalized spacial score (nSPS) is 15.2. The van der Waals surface area contributed by atoms with Gasteiger partial charge in [-0.05, 0) is 37.1 Å². The third-order valence-electron chi connectivity index (χ3n) is 3.64. The number of hydrogen-bond acceptors (Lipinski definition) is 3. The van der Waals surface area contributed by atoms with E-state index in [0.29, 0.717) is 5.69 Å². The maximum absolute atomic E-state index is 12.1. The van der Waals surface area contributed by atoms with Gasteiger partial charge in [0.1, 0.15) is 12.2 Å². The van der Waals surface area contributed by atoms with E-state index in [1.165, 1.54) is 12.8 Å². The Morgan fingerprint density at radius 1 is 1.10 bits per heavy atom. The zero-order valence-corrected chi connectivity index (χ0v) is 12.4. The van der Waals surface area contributed by atoms with Gasteiger partial charge in [-0.3, -0.25) is 9.59 Å². The molecule has 21 heavy (non-hydrogen) atoms. The molecule has 0 radical (unpaired) electrons. The first kappa shape index (κ1) is 15.4. The highest BCUT2D eigenvalue weighted by Gasteiger charge is 2.18. The van der Waals surface area contributed by atoms with E-state index in [0.717, 1.165) is 31.7 Å². The first-order valence-electron chi connectivity index (χ1n) is 7.41. The lowest BCUT2D eigenvalue weighted by molar-refractivity contribution is -0.134. The predicted molar refractivity (Wildman–Crippen MR) is 81.3 cm³/mol. The van der Waals surface area contributed by atoms with Crippen LogP contribution in [-0.2, 0) is 9.59 Å². The van der Waals surface area contributed by atoms with Crippen molar-refractivity contribution >= 4 is 17.5 Å².